The molecule has 0 bridgehead atoms. The third-order valence-electron chi connectivity index (χ3n) is 1.51. The number of nitrogens with one attached hydrogen (secondary N) is 1. The molecule has 1 amide bonds. The summed E-state index contributed by atoms with van der Waals surface area (Å²) in [6, 6.07) is 1.69. The van der Waals surface area contributed by atoms with Crippen molar-refractivity contribution in [1.82, 2.24) is 10.5 Å². The van der Waals surface area contributed by atoms with Crippen LogP contribution >= 0.6 is 0 Å². The molecule has 13 heavy (non-hydrogen) atoms. The van der Waals surface area contributed by atoms with E-state index in [4.69, 9.17) is 9.63 Å². The van der Waals surface area contributed by atoms with E-state index in [9.17, 15) is 4.79 Å². The van der Waals surface area contributed by atoms with E-state index in [2.05, 4.69) is 10.5 Å². The first-order valence-electron chi connectivity index (χ1n) is 4.10. The van der Waals surface area contributed by atoms with Crippen LogP contribution in [0.25, 0.3) is 0 Å². The molecule has 0 aliphatic heterocycles. The predicted molar refractivity (Wildman–Crippen MR) is 44.7 cm³/mol. The third-order valence-corrected chi connectivity index (χ3v) is 1.51. The quantitative estimate of drug-likeness (QED) is 0.678. The number of rotatable bonds is 5. The predicted octanol–water partition coefficient (Wildman–Crippen LogP) is 0.0633. The SMILES string of the molecule is O=C(CCCO)NCc1ccno1. The van der Waals surface area contributed by atoms with E-state index in [1.165, 1.54) is 6.20 Å². The lowest BCUT2D eigenvalue weighted by Crippen LogP contribution is -2.22. The van der Waals surface area contributed by atoms with Gasteiger partial charge in [-0.1, -0.05) is 5.16 Å². The van der Waals surface area contributed by atoms with Gasteiger partial charge in [0, 0.05) is 19.1 Å². The van der Waals surface area contributed by atoms with Crippen molar-refractivity contribution >= 4 is 5.91 Å². The van der Waals surface area contributed by atoms with Gasteiger partial charge in [0.1, 0.15) is 0 Å². The van der Waals surface area contributed by atoms with Crippen LogP contribution in [-0.2, 0) is 11.3 Å². The number of carbonyl (C=O) groups is 1. The fraction of sp³-hybridized carbons (Fsp3) is 0.500. The van der Waals surface area contributed by atoms with E-state index in [1.807, 2.05) is 0 Å². The molecule has 5 heteroatoms. The van der Waals surface area contributed by atoms with Crippen LogP contribution in [0.3, 0.4) is 0 Å². The summed E-state index contributed by atoms with van der Waals surface area (Å²) < 4.78 is 4.77. The average Bonchev–Trinajstić information content (AvgIpc) is 2.64. The number of nitrogens with zero attached hydrogens (tertiary/aromatic N) is 1. The maximum atomic E-state index is 11.0. The van der Waals surface area contributed by atoms with Gasteiger partial charge in [-0.25, -0.2) is 0 Å². The third kappa shape index (κ3) is 3.71. The van der Waals surface area contributed by atoms with Gasteiger partial charge in [0.15, 0.2) is 5.76 Å². The summed E-state index contributed by atoms with van der Waals surface area (Å²) in [6.45, 7) is 0.389. The fourth-order valence-electron chi connectivity index (χ4n) is 0.847. The van der Waals surface area contributed by atoms with Crippen LogP contribution in [0.4, 0.5) is 0 Å². The Labute approximate surface area is 75.7 Å². The summed E-state index contributed by atoms with van der Waals surface area (Å²) in [5, 5.41) is 14.6. The van der Waals surface area contributed by atoms with E-state index < -0.39 is 0 Å². The van der Waals surface area contributed by atoms with Gasteiger partial charge in [-0.05, 0) is 6.42 Å². The number of amides is 1. The Morgan fingerprint density at radius 3 is 3.15 bits per heavy atom. The van der Waals surface area contributed by atoms with Crippen molar-refractivity contribution < 1.29 is 14.4 Å². The first kappa shape index (κ1) is 9.73. The highest BCUT2D eigenvalue weighted by Gasteiger charge is 2.01. The highest BCUT2D eigenvalue weighted by molar-refractivity contribution is 5.75. The lowest BCUT2D eigenvalue weighted by Gasteiger charge is -2.00. The zero-order valence-electron chi connectivity index (χ0n) is 7.19. The van der Waals surface area contributed by atoms with Crippen molar-refractivity contribution in [2.45, 2.75) is 19.4 Å². The second-order valence-corrected chi connectivity index (χ2v) is 2.58. The molecule has 0 aliphatic rings. The Morgan fingerprint density at radius 2 is 2.54 bits per heavy atom. The topological polar surface area (TPSA) is 75.4 Å². The highest BCUT2D eigenvalue weighted by atomic mass is 16.5. The maximum Gasteiger partial charge on any atom is 0.220 e. The monoisotopic (exact) mass is 184 g/mol. The molecule has 2 N–H and O–H groups in total. The van der Waals surface area contributed by atoms with Crippen molar-refractivity contribution in [3.05, 3.63) is 18.0 Å². The Balaban J connectivity index is 2.15. The summed E-state index contributed by atoms with van der Waals surface area (Å²) in [5.74, 6) is 0.530. The fourth-order valence-corrected chi connectivity index (χ4v) is 0.847. The van der Waals surface area contributed by atoms with Crippen LogP contribution in [0.2, 0.25) is 0 Å². The number of aliphatic hydroxyl groups excluding tert-OH is 1. The first-order chi connectivity index (χ1) is 6.33. The molecule has 0 unspecified atom stereocenters. The van der Waals surface area contributed by atoms with Crippen LogP contribution in [-0.4, -0.2) is 22.8 Å². The van der Waals surface area contributed by atoms with Gasteiger partial charge in [0.05, 0.1) is 12.7 Å². The maximum absolute atomic E-state index is 11.0. The molecular formula is C8H12N2O3. The molecule has 0 aliphatic carbocycles. The Kier molecular flexibility index (Phi) is 3.98. The molecule has 0 saturated heterocycles. The van der Waals surface area contributed by atoms with Crippen LogP contribution in [0.5, 0.6) is 0 Å². The van der Waals surface area contributed by atoms with Gasteiger partial charge < -0.3 is 14.9 Å². The molecule has 1 aromatic rings. The number of aromatic nitrogens is 1. The molecule has 0 saturated carbocycles. The largest absolute Gasteiger partial charge is 0.396 e. The van der Waals surface area contributed by atoms with Crippen LogP contribution in [0.15, 0.2) is 16.8 Å². The molecular weight excluding hydrogens is 172 g/mol. The van der Waals surface area contributed by atoms with Crippen molar-refractivity contribution in [3.63, 3.8) is 0 Å². The van der Waals surface area contributed by atoms with E-state index in [-0.39, 0.29) is 12.5 Å². The second kappa shape index (κ2) is 5.31. The molecule has 0 fully saturated rings. The zero-order valence-corrected chi connectivity index (χ0v) is 7.19. The molecule has 0 aromatic carbocycles. The molecule has 1 rings (SSSR count). The summed E-state index contributed by atoms with van der Waals surface area (Å²) in [6.07, 6.45) is 2.35. The van der Waals surface area contributed by atoms with Gasteiger partial charge >= 0.3 is 0 Å². The van der Waals surface area contributed by atoms with Crippen LogP contribution in [0, 0.1) is 0 Å². The molecule has 0 spiro atoms. The minimum atomic E-state index is -0.0922. The Morgan fingerprint density at radius 1 is 1.69 bits per heavy atom. The standard InChI is InChI=1S/C8H12N2O3/c11-5-1-2-8(12)9-6-7-3-4-10-13-7/h3-4,11H,1-2,5-6H2,(H,9,12). The van der Waals surface area contributed by atoms with Gasteiger partial charge in [0.2, 0.25) is 5.91 Å². The van der Waals surface area contributed by atoms with E-state index in [1.54, 1.807) is 6.07 Å². The molecule has 1 heterocycles. The Bertz CT molecular complexity index is 246. The van der Waals surface area contributed by atoms with E-state index >= 15 is 0 Å². The van der Waals surface area contributed by atoms with Crippen molar-refractivity contribution in [1.29, 1.82) is 0 Å². The van der Waals surface area contributed by atoms with E-state index in [0.29, 0.717) is 25.1 Å². The zero-order chi connectivity index (χ0) is 9.52. The molecule has 72 valence electrons. The minimum Gasteiger partial charge on any atom is -0.396 e. The molecule has 5 nitrogen and oxygen atoms in total. The van der Waals surface area contributed by atoms with Crippen LogP contribution < -0.4 is 5.32 Å². The molecule has 0 radical (unpaired) electrons. The average molecular weight is 184 g/mol. The number of hydrogen-bond acceptors (Lipinski definition) is 4. The summed E-state index contributed by atoms with van der Waals surface area (Å²) >= 11 is 0. The normalized spacial score (nSPS) is 9.92. The van der Waals surface area contributed by atoms with Gasteiger partial charge in [-0.2, -0.15) is 0 Å². The van der Waals surface area contributed by atoms with Crippen molar-refractivity contribution in [2.24, 2.45) is 0 Å². The first-order valence-corrected chi connectivity index (χ1v) is 4.10. The van der Waals surface area contributed by atoms with Gasteiger partial charge in [0.25, 0.3) is 0 Å². The second-order valence-electron chi connectivity index (χ2n) is 2.58. The summed E-state index contributed by atoms with van der Waals surface area (Å²) in [4.78, 5) is 11.0. The van der Waals surface area contributed by atoms with Crippen LogP contribution in [0.1, 0.15) is 18.6 Å². The summed E-state index contributed by atoms with van der Waals surface area (Å²) in [7, 11) is 0. The lowest BCUT2D eigenvalue weighted by atomic mass is 10.3. The number of aliphatic hydroxyl groups is 1. The van der Waals surface area contributed by atoms with Crippen molar-refractivity contribution in [3.8, 4) is 0 Å². The summed E-state index contributed by atoms with van der Waals surface area (Å²) in [5.41, 5.74) is 0. The number of carbonyl (C=O) groups excluding carboxylic acids is 1. The number of hydrogen-bond donors (Lipinski definition) is 2. The van der Waals surface area contributed by atoms with Crippen molar-refractivity contribution in [2.75, 3.05) is 6.61 Å². The van der Waals surface area contributed by atoms with Gasteiger partial charge in [-0.15, -0.1) is 0 Å². The van der Waals surface area contributed by atoms with E-state index in [0.717, 1.165) is 0 Å². The minimum absolute atomic E-state index is 0.0374. The Hall–Kier alpha value is -1.36. The van der Waals surface area contributed by atoms with Gasteiger partial charge in [-0.3, -0.25) is 4.79 Å². The highest BCUT2D eigenvalue weighted by Crippen LogP contribution is 1.95. The molecule has 1 aromatic heterocycles. The lowest BCUT2D eigenvalue weighted by molar-refractivity contribution is -0.121. The molecule has 0 atom stereocenters. The smallest absolute Gasteiger partial charge is 0.220 e.